The molecule has 2 N–H and O–H groups in total. The van der Waals surface area contributed by atoms with Gasteiger partial charge in [-0.05, 0) is 40.4 Å². The molecule has 6 heteroatoms. The van der Waals surface area contributed by atoms with E-state index in [2.05, 4.69) is 56.5 Å². The molecule has 1 unspecified atom stereocenters. The van der Waals surface area contributed by atoms with Crippen molar-refractivity contribution in [2.45, 2.75) is 38.6 Å². The van der Waals surface area contributed by atoms with Gasteiger partial charge < -0.3 is 10.3 Å². The summed E-state index contributed by atoms with van der Waals surface area (Å²) in [5.74, 6) is -0.0425. The van der Waals surface area contributed by atoms with Gasteiger partial charge >= 0.3 is 0 Å². The van der Waals surface area contributed by atoms with Crippen molar-refractivity contribution in [3.05, 3.63) is 51.0 Å². The Hall–Kier alpha value is -1.66. The molecule has 0 aliphatic rings. The van der Waals surface area contributed by atoms with Crippen LogP contribution in [0.25, 0.3) is 10.9 Å². The quantitative estimate of drug-likeness (QED) is 0.585. The summed E-state index contributed by atoms with van der Waals surface area (Å²) in [4.78, 5) is 20.5. The molecule has 0 aliphatic heterocycles. The number of H-pyrrole nitrogens is 1. The van der Waals surface area contributed by atoms with Crippen molar-refractivity contribution in [3.63, 3.8) is 0 Å². The van der Waals surface area contributed by atoms with Gasteiger partial charge in [0.2, 0.25) is 0 Å². The molecule has 24 heavy (non-hydrogen) atoms. The Morgan fingerprint density at radius 1 is 1.42 bits per heavy atom. The van der Waals surface area contributed by atoms with Gasteiger partial charge in [-0.1, -0.05) is 38.0 Å². The number of unbranched alkanes of at least 4 members (excludes halogenated alkanes) is 1. The molecule has 0 aliphatic carbocycles. The number of aromatic nitrogens is 2. The highest BCUT2D eigenvalue weighted by Gasteiger charge is 2.17. The molecule has 126 valence electrons. The zero-order chi connectivity index (χ0) is 16.9. The number of carbonyl (C=O) groups is 1. The van der Waals surface area contributed by atoms with Gasteiger partial charge in [-0.25, -0.2) is 4.98 Å². The topological polar surface area (TPSA) is 57.8 Å². The highest BCUT2D eigenvalue weighted by Crippen LogP contribution is 2.22. The Labute approximate surface area is 153 Å². The molecule has 4 nitrogen and oxygen atoms in total. The fourth-order valence-corrected chi connectivity index (χ4v) is 4.03. The molecule has 1 atom stereocenters. The summed E-state index contributed by atoms with van der Waals surface area (Å²) in [6, 6.07) is 8.40. The predicted octanol–water partition coefficient (Wildman–Crippen LogP) is 4.92. The molecule has 2 heterocycles. The minimum atomic E-state index is -0.0425. The fraction of sp³-hybridized carbons (Fsp3) is 0.333. The molecular weight excluding hydrogens is 386 g/mol. The second-order valence-electron chi connectivity index (χ2n) is 5.85. The number of nitrogens with zero attached hydrogens (tertiary/aromatic N) is 1. The lowest BCUT2D eigenvalue weighted by molar-refractivity contribution is 0.0938. The summed E-state index contributed by atoms with van der Waals surface area (Å²) in [5.41, 5.74) is 2.39. The predicted molar refractivity (Wildman–Crippen MR) is 103 cm³/mol. The van der Waals surface area contributed by atoms with Gasteiger partial charge in [0, 0.05) is 23.1 Å². The van der Waals surface area contributed by atoms with Crippen LogP contribution < -0.4 is 5.32 Å². The summed E-state index contributed by atoms with van der Waals surface area (Å²) in [5, 5.41) is 4.41. The van der Waals surface area contributed by atoms with E-state index >= 15 is 0 Å². The summed E-state index contributed by atoms with van der Waals surface area (Å²) in [6.07, 6.45) is 7.69. The Balaban J connectivity index is 1.75. The average Bonchev–Trinajstić information content (AvgIpc) is 3.19. The van der Waals surface area contributed by atoms with Crippen LogP contribution in [-0.2, 0) is 6.42 Å². The number of hydrogen-bond acceptors (Lipinski definition) is 3. The number of halogens is 1. The number of benzene rings is 1. The van der Waals surface area contributed by atoms with Gasteiger partial charge in [0.05, 0.1) is 6.20 Å². The van der Waals surface area contributed by atoms with Gasteiger partial charge in [0.1, 0.15) is 4.88 Å². The lowest BCUT2D eigenvalue weighted by Crippen LogP contribution is -2.36. The summed E-state index contributed by atoms with van der Waals surface area (Å²) in [7, 11) is 0. The highest BCUT2D eigenvalue weighted by molar-refractivity contribution is 9.11. The van der Waals surface area contributed by atoms with Crippen LogP contribution in [0.5, 0.6) is 0 Å². The molecule has 0 radical (unpaired) electrons. The van der Waals surface area contributed by atoms with Gasteiger partial charge in [-0.15, -0.1) is 11.3 Å². The second-order valence-corrected chi connectivity index (χ2v) is 8.16. The molecule has 3 aromatic rings. The molecule has 0 spiro atoms. The first-order valence-electron chi connectivity index (χ1n) is 8.14. The van der Waals surface area contributed by atoms with E-state index in [1.54, 1.807) is 6.20 Å². The smallest absolute Gasteiger partial charge is 0.263 e. The number of hydrogen-bond donors (Lipinski definition) is 2. The van der Waals surface area contributed by atoms with E-state index in [9.17, 15) is 4.79 Å². The summed E-state index contributed by atoms with van der Waals surface area (Å²) >= 11 is 4.67. The second kappa shape index (κ2) is 7.94. The van der Waals surface area contributed by atoms with Crippen LogP contribution in [0.1, 0.15) is 41.4 Å². The molecule has 3 rings (SSSR count). The standard InChI is InChI=1S/C18H20BrN3OS/c1-2-3-6-13(22-17(23)16-11-21-18(19)24-16)9-12-10-20-15-8-5-4-7-14(12)15/h4-5,7-8,10-11,13,20H,2-3,6,9H2,1H3,(H,22,23). The van der Waals surface area contributed by atoms with Crippen molar-refractivity contribution >= 4 is 44.1 Å². The SMILES string of the molecule is CCCCC(Cc1c[nH]c2ccccc12)NC(=O)c1cnc(Br)s1. The van der Waals surface area contributed by atoms with Gasteiger partial charge in [0.15, 0.2) is 3.92 Å². The molecule has 0 bridgehead atoms. The number of para-hydroxylation sites is 1. The van der Waals surface area contributed by atoms with Crippen molar-refractivity contribution < 1.29 is 4.79 Å². The number of fused-ring (bicyclic) bond motifs is 1. The lowest BCUT2D eigenvalue weighted by atomic mass is 10.0. The van der Waals surface area contributed by atoms with Crippen LogP contribution in [0.4, 0.5) is 0 Å². The maximum atomic E-state index is 12.5. The van der Waals surface area contributed by atoms with Gasteiger partial charge in [0.25, 0.3) is 5.91 Å². The number of carbonyl (C=O) groups excluding carboxylic acids is 1. The van der Waals surface area contributed by atoms with Gasteiger partial charge in [-0.3, -0.25) is 4.79 Å². The lowest BCUT2D eigenvalue weighted by Gasteiger charge is -2.18. The minimum Gasteiger partial charge on any atom is -0.361 e. The number of aromatic amines is 1. The van der Waals surface area contributed by atoms with E-state index in [0.29, 0.717) is 4.88 Å². The largest absolute Gasteiger partial charge is 0.361 e. The number of thiazole rings is 1. The van der Waals surface area contributed by atoms with E-state index in [1.807, 2.05) is 12.1 Å². The molecule has 0 saturated heterocycles. The Morgan fingerprint density at radius 3 is 3.00 bits per heavy atom. The van der Waals surface area contributed by atoms with Crippen molar-refractivity contribution in [3.8, 4) is 0 Å². The third-order valence-electron chi connectivity index (χ3n) is 4.08. The Morgan fingerprint density at radius 2 is 2.25 bits per heavy atom. The Kier molecular flexibility index (Phi) is 5.68. The summed E-state index contributed by atoms with van der Waals surface area (Å²) in [6.45, 7) is 2.17. The van der Waals surface area contributed by atoms with Crippen LogP contribution in [0.3, 0.4) is 0 Å². The molecule has 0 fully saturated rings. The minimum absolute atomic E-state index is 0.0425. The van der Waals surface area contributed by atoms with Crippen LogP contribution >= 0.6 is 27.3 Å². The van der Waals surface area contributed by atoms with Crippen molar-refractivity contribution in [2.24, 2.45) is 0 Å². The third kappa shape index (κ3) is 4.05. The third-order valence-corrected chi connectivity index (χ3v) is 5.56. The first-order chi connectivity index (χ1) is 11.7. The van der Waals surface area contributed by atoms with Crippen molar-refractivity contribution in [2.75, 3.05) is 0 Å². The van der Waals surface area contributed by atoms with E-state index < -0.39 is 0 Å². The number of rotatable bonds is 7. The monoisotopic (exact) mass is 405 g/mol. The molecule has 0 saturated carbocycles. The van der Waals surface area contributed by atoms with Gasteiger partial charge in [-0.2, -0.15) is 0 Å². The fourth-order valence-electron chi connectivity index (χ4n) is 2.86. The van der Waals surface area contributed by atoms with Crippen LogP contribution in [0.15, 0.2) is 40.6 Å². The maximum absolute atomic E-state index is 12.5. The first kappa shape index (κ1) is 17.2. The van der Waals surface area contributed by atoms with Crippen molar-refractivity contribution in [1.29, 1.82) is 0 Å². The van der Waals surface area contributed by atoms with E-state index in [0.717, 1.165) is 35.1 Å². The van der Waals surface area contributed by atoms with Crippen LogP contribution in [0.2, 0.25) is 0 Å². The van der Waals surface area contributed by atoms with E-state index in [1.165, 1.54) is 22.3 Å². The first-order valence-corrected chi connectivity index (χ1v) is 9.75. The van der Waals surface area contributed by atoms with Crippen LogP contribution in [-0.4, -0.2) is 21.9 Å². The zero-order valence-corrected chi connectivity index (χ0v) is 15.9. The van der Waals surface area contributed by atoms with E-state index in [-0.39, 0.29) is 11.9 Å². The summed E-state index contributed by atoms with van der Waals surface area (Å²) < 4.78 is 0.731. The highest BCUT2D eigenvalue weighted by atomic mass is 79.9. The Bertz CT molecular complexity index is 826. The zero-order valence-electron chi connectivity index (χ0n) is 13.5. The van der Waals surface area contributed by atoms with Crippen molar-refractivity contribution in [1.82, 2.24) is 15.3 Å². The van der Waals surface area contributed by atoms with Crippen LogP contribution in [0, 0.1) is 0 Å². The number of amides is 1. The molecule has 1 amide bonds. The molecular formula is C18H20BrN3OS. The molecule has 1 aromatic carbocycles. The number of nitrogens with one attached hydrogen (secondary N) is 2. The maximum Gasteiger partial charge on any atom is 0.263 e. The average molecular weight is 406 g/mol. The molecule has 2 aromatic heterocycles. The normalized spacial score (nSPS) is 12.4. The van der Waals surface area contributed by atoms with E-state index in [4.69, 9.17) is 0 Å².